The Morgan fingerprint density at radius 2 is 2.05 bits per heavy atom. The molecule has 1 rings (SSSR count). The molecule has 1 saturated heterocycles. The smallest absolute Gasteiger partial charge is 0.344 e. The maximum Gasteiger partial charge on any atom is 0.344 e. The summed E-state index contributed by atoms with van der Waals surface area (Å²) in [6.45, 7) is 5.77. The Balaban J connectivity index is 2.15. The van der Waals surface area contributed by atoms with Crippen LogP contribution in [-0.4, -0.2) is 50.1 Å². The monoisotopic (exact) mass is 274 g/mol. The van der Waals surface area contributed by atoms with Crippen molar-refractivity contribution in [1.29, 1.82) is 0 Å². The predicted octanol–water partition coefficient (Wildman–Crippen LogP) is 1.07. The SMILES string of the molecule is CC(C)OC(=O)COC(=O)C(C)OCC1CCCO1. The molecule has 0 aromatic heterocycles. The number of hydrogen-bond acceptors (Lipinski definition) is 6. The van der Waals surface area contributed by atoms with Gasteiger partial charge in [-0.15, -0.1) is 0 Å². The summed E-state index contributed by atoms with van der Waals surface area (Å²) in [5.41, 5.74) is 0. The number of carbonyl (C=O) groups is 2. The largest absolute Gasteiger partial charge is 0.460 e. The molecular weight excluding hydrogens is 252 g/mol. The van der Waals surface area contributed by atoms with Crippen LogP contribution >= 0.6 is 0 Å². The molecule has 0 spiro atoms. The third kappa shape index (κ3) is 6.54. The molecule has 2 unspecified atom stereocenters. The van der Waals surface area contributed by atoms with Crippen LogP contribution in [-0.2, 0) is 28.5 Å². The summed E-state index contributed by atoms with van der Waals surface area (Å²) in [6.07, 6.45) is 1.09. The molecular formula is C13H22O6. The van der Waals surface area contributed by atoms with Gasteiger partial charge in [-0.2, -0.15) is 0 Å². The van der Waals surface area contributed by atoms with Gasteiger partial charge in [-0.05, 0) is 33.6 Å². The Morgan fingerprint density at radius 1 is 1.32 bits per heavy atom. The predicted molar refractivity (Wildman–Crippen MR) is 66.6 cm³/mol. The van der Waals surface area contributed by atoms with Gasteiger partial charge in [-0.3, -0.25) is 0 Å². The minimum Gasteiger partial charge on any atom is -0.460 e. The molecule has 0 radical (unpaired) electrons. The van der Waals surface area contributed by atoms with Gasteiger partial charge >= 0.3 is 11.9 Å². The van der Waals surface area contributed by atoms with Crippen LogP contribution in [0.1, 0.15) is 33.6 Å². The first-order chi connectivity index (χ1) is 8.99. The first-order valence-corrected chi connectivity index (χ1v) is 6.58. The summed E-state index contributed by atoms with van der Waals surface area (Å²) in [5.74, 6) is -1.13. The summed E-state index contributed by atoms with van der Waals surface area (Å²) < 4.78 is 20.4. The topological polar surface area (TPSA) is 71.1 Å². The van der Waals surface area contributed by atoms with Crippen molar-refractivity contribution in [2.45, 2.75) is 51.9 Å². The minimum atomic E-state index is -0.712. The molecule has 0 aromatic rings. The average molecular weight is 274 g/mol. The van der Waals surface area contributed by atoms with Gasteiger partial charge in [0.2, 0.25) is 0 Å². The third-order valence-electron chi connectivity index (χ3n) is 2.59. The van der Waals surface area contributed by atoms with Crippen LogP contribution in [0.5, 0.6) is 0 Å². The van der Waals surface area contributed by atoms with Gasteiger partial charge in [0.25, 0.3) is 0 Å². The van der Waals surface area contributed by atoms with Crippen LogP contribution < -0.4 is 0 Å². The highest BCUT2D eigenvalue weighted by Gasteiger charge is 2.21. The van der Waals surface area contributed by atoms with E-state index in [4.69, 9.17) is 18.9 Å². The fourth-order valence-corrected chi connectivity index (χ4v) is 1.64. The maximum atomic E-state index is 11.5. The van der Waals surface area contributed by atoms with Crippen molar-refractivity contribution in [2.24, 2.45) is 0 Å². The first kappa shape index (κ1) is 15.9. The van der Waals surface area contributed by atoms with Crippen molar-refractivity contribution < 1.29 is 28.5 Å². The average Bonchev–Trinajstić information content (AvgIpc) is 2.85. The second-order valence-corrected chi connectivity index (χ2v) is 4.76. The molecule has 0 amide bonds. The van der Waals surface area contributed by atoms with Gasteiger partial charge in [-0.1, -0.05) is 0 Å². The molecule has 0 N–H and O–H groups in total. The number of ether oxygens (including phenoxy) is 4. The van der Waals surface area contributed by atoms with Crippen molar-refractivity contribution in [3.05, 3.63) is 0 Å². The molecule has 0 saturated carbocycles. The molecule has 6 nitrogen and oxygen atoms in total. The highest BCUT2D eigenvalue weighted by Crippen LogP contribution is 2.12. The molecule has 0 aliphatic carbocycles. The van der Waals surface area contributed by atoms with Gasteiger partial charge in [0, 0.05) is 6.61 Å². The van der Waals surface area contributed by atoms with Crippen LogP contribution in [0.4, 0.5) is 0 Å². The van der Waals surface area contributed by atoms with E-state index in [1.54, 1.807) is 20.8 Å². The lowest BCUT2D eigenvalue weighted by Crippen LogP contribution is -2.29. The van der Waals surface area contributed by atoms with E-state index in [0.29, 0.717) is 6.61 Å². The quantitative estimate of drug-likeness (QED) is 0.647. The Bertz CT molecular complexity index is 296. The lowest BCUT2D eigenvalue weighted by atomic mass is 10.2. The van der Waals surface area contributed by atoms with Crippen molar-refractivity contribution in [3.8, 4) is 0 Å². The molecule has 1 aliphatic rings. The summed E-state index contributed by atoms with van der Waals surface area (Å²) in [4.78, 5) is 22.7. The van der Waals surface area contributed by atoms with Gasteiger partial charge in [0.05, 0.1) is 18.8 Å². The zero-order valence-electron chi connectivity index (χ0n) is 11.7. The lowest BCUT2D eigenvalue weighted by molar-refractivity contribution is -0.168. The number of hydrogen-bond donors (Lipinski definition) is 0. The van der Waals surface area contributed by atoms with Crippen molar-refractivity contribution in [1.82, 2.24) is 0 Å². The summed E-state index contributed by atoms with van der Waals surface area (Å²) >= 11 is 0. The number of esters is 2. The summed E-state index contributed by atoms with van der Waals surface area (Å²) in [7, 11) is 0. The Kier molecular flexibility index (Phi) is 6.80. The lowest BCUT2D eigenvalue weighted by Gasteiger charge is -2.15. The molecule has 1 aliphatic heterocycles. The first-order valence-electron chi connectivity index (χ1n) is 6.58. The fourth-order valence-electron chi connectivity index (χ4n) is 1.64. The molecule has 19 heavy (non-hydrogen) atoms. The minimum absolute atomic E-state index is 0.0566. The molecule has 2 atom stereocenters. The molecule has 1 heterocycles. The molecule has 0 bridgehead atoms. The van der Waals surface area contributed by atoms with Crippen molar-refractivity contribution >= 4 is 11.9 Å². The highest BCUT2D eigenvalue weighted by atomic mass is 16.6. The Hall–Kier alpha value is -1.14. The fraction of sp³-hybridized carbons (Fsp3) is 0.846. The number of rotatable bonds is 7. The van der Waals surface area contributed by atoms with E-state index < -0.39 is 18.0 Å². The van der Waals surface area contributed by atoms with Crippen molar-refractivity contribution in [2.75, 3.05) is 19.8 Å². The van der Waals surface area contributed by atoms with Gasteiger partial charge in [-0.25, -0.2) is 9.59 Å². The van der Waals surface area contributed by atoms with Gasteiger partial charge < -0.3 is 18.9 Å². The van der Waals surface area contributed by atoms with E-state index in [1.165, 1.54) is 0 Å². The molecule has 1 fully saturated rings. The molecule has 110 valence electrons. The summed E-state index contributed by atoms with van der Waals surface area (Å²) in [6, 6.07) is 0. The van der Waals surface area contributed by atoms with Gasteiger partial charge in [0.15, 0.2) is 12.7 Å². The van der Waals surface area contributed by atoms with Crippen LogP contribution in [0.25, 0.3) is 0 Å². The zero-order valence-corrected chi connectivity index (χ0v) is 11.7. The van der Waals surface area contributed by atoms with Crippen LogP contribution in [0.2, 0.25) is 0 Å². The molecule has 0 aromatic carbocycles. The van der Waals surface area contributed by atoms with E-state index >= 15 is 0 Å². The Morgan fingerprint density at radius 3 is 2.63 bits per heavy atom. The maximum absolute atomic E-state index is 11.5. The van der Waals surface area contributed by atoms with Crippen LogP contribution in [0.15, 0.2) is 0 Å². The van der Waals surface area contributed by atoms with Crippen molar-refractivity contribution in [3.63, 3.8) is 0 Å². The number of carbonyl (C=O) groups excluding carboxylic acids is 2. The van der Waals surface area contributed by atoms with E-state index in [1.807, 2.05) is 0 Å². The standard InChI is InChI=1S/C13H22O6/c1-9(2)19-12(14)8-18-13(15)10(3)17-7-11-5-4-6-16-11/h9-11H,4-8H2,1-3H3. The van der Waals surface area contributed by atoms with Crippen LogP contribution in [0, 0.1) is 0 Å². The second kappa shape index (κ2) is 8.12. The normalized spacial score (nSPS) is 20.3. The van der Waals surface area contributed by atoms with Gasteiger partial charge in [0.1, 0.15) is 0 Å². The Labute approximate surface area is 113 Å². The van der Waals surface area contributed by atoms with Crippen LogP contribution in [0.3, 0.4) is 0 Å². The second-order valence-electron chi connectivity index (χ2n) is 4.76. The third-order valence-corrected chi connectivity index (χ3v) is 2.59. The van der Waals surface area contributed by atoms with E-state index in [2.05, 4.69) is 0 Å². The van der Waals surface area contributed by atoms with E-state index in [9.17, 15) is 9.59 Å². The van der Waals surface area contributed by atoms with E-state index in [-0.39, 0.29) is 18.8 Å². The van der Waals surface area contributed by atoms with E-state index in [0.717, 1.165) is 19.4 Å². The molecule has 6 heteroatoms. The summed E-state index contributed by atoms with van der Waals surface area (Å²) in [5, 5.41) is 0. The highest BCUT2D eigenvalue weighted by molar-refractivity contribution is 5.78. The zero-order chi connectivity index (χ0) is 14.3.